The van der Waals surface area contributed by atoms with Crippen LogP contribution in [-0.2, 0) is 17.1 Å². The molecule has 1 aromatic heterocycles. The summed E-state index contributed by atoms with van der Waals surface area (Å²) in [6, 6.07) is 8.90. The van der Waals surface area contributed by atoms with E-state index in [1.807, 2.05) is 0 Å². The van der Waals surface area contributed by atoms with Crippen molar-refractivity contribution in [2.45, 2.75) is 23.8 Å². The lowest BCUT2D eigenvalue weighted by molar-refractivity contribution is -0.385. The summed E-state index contributed by atoms with van der Waals surface area (Å²) >= 11 is 0. The van der Waals surface area contributed by atoms with Crippen molar-refractivity contribution in [1.29, 1.82) is 0 Å². The van der Waals surface area contributed by atoms with Gasteiger partial charge in [0.25, 0.3) is 5.69 Å². The molecule has 9 nitrogen and oxygen atoms in total. The van der Waals surface area contributed by atoms with E-state index < -0.39 is 26.8 Å². The van der Waals surface area contributed by atoms with Crippen molar-refractivity contribution < 1.29 is 17.7 Å². The van der Waals surface area contributed by atoms with Gasteiger partial charge in [-0.05, 0) is 36.6 Å². The molecule has 0 spiro atoms. The molecule has 4 rings (SSSR count). The van der Waals surface area contributed by atoms with Crippen LogP contribution in [0, 0.1) is 15.9 Å². The van der Waals surface area contributed by atoms with E-state index in [1.165, 1.54) is 28.6 Å². The van der Waals surface area contributed by atoms with Crippen molar-refractivity contribution in [1.82, 2.24) is 13.9 Å². The Morgan fingerprint density at radius 2 is 1.94 bits per heavy atom. The van der Waals surface area contributed by atoms with Gasteiger partial charge in [-0.3, -0.25) is 10.1 Å². The Bertz CT molecular complexity index is 1250. The fourth-order valence-electron chi connectivity index (χ4n) is 3.82. The smallest absolute Gasteiger partial charge is 0.270 e. The number of aryl methyl sites for hydroxylation is 1. The summed E-state index contributed by atoms with van der Waals surface area (Å²) in [4.78, 5) is 14.9. The van der Waals surface area contributed by atoms with Crippen LogP contribution in [0.4, 0.5) is 15.8 Å². The van der Waals surface area contributed by atoms with Crippen molar-refractivity contribution >= 4 is 21.4 Å². The normalized spacial score (nSPS) is 15.6. The maximum absolute atomic E-state index is 14.0. The monoisotopic (exact) mass is 459 g/mol. The molecule has 11 heteroatoms. The minimum absolute atomic E-state index is 0.180. The van der Waals surface area contributed by atoms with Gasteiger partial charge < -0.3 is 9.88 Å². The van der Waals surface area contributed by atoms with Gasteiger partial charge in [0.05, 0.1) is 10.6 Å². The molecule has 1 aliphatic heterocycles. The Morgan fingerprint density at radius 1 is 1.19 bits per heavy atom. The lowest BCUT2D eigenvalue weighted by Crippen LogP contribution is -2.29. The number of nitrogens with one attached hydrogen (secondary N) is 1. The Hall–Kier alpha value is -3.31. The van der Waals surface area contributed by atoms with E-state index in [1.54, 1.807) is 36.1 Å². The highest BCUT2D eigenvalue weighted by Gasteiger charge is 2.32. The number of sulfonamides is 1. The highest BCUT2D eigenvalue weighted by Crippen LogP contribution is 2.34. The molecule has 0 radical (unpaired) electrons. The molecular formula is C21H22FN5O4S. The first-order chi connectivity index (χ1) is 15.3. The standard InChI is InChI=1S/C21H22FN5O4S/c1-25-12-9-23-21(25)20(15-5-4-6-16(22)13-15)24-18-8-7-17(27(28)29)14-19(18)32(30,31)26-10-2-3-11-26/h4-9,12-14,20,24H,2-3,10-11H2,1H3. The van der Waals surface area contributed by atoms with Gasteiger partial charge in [0.2, 0.25) is 10.0 Å². The minimum atomic E-state index is -3.98. The molecule has 1 fully saturated rings. The number of hydrogen-bond donors (Lipinski definition) is 1. The van der Waals surface area contributed by atoms with Gasteiger partial charge >= 0.3 is 0 Å². The van der Waals surface area contributed by atoms with Crippen LogP contribution < -0.4 is 5.32 Å². The van der Waals surface area contributed by atoms with E-state index in [2.05, 4.69) is 10.3 Å². The molecule has 168 valence electrons. The summed E-state index contributed by atoms with van der Waals surface area (Å²) in [5.41, 5.74) is 0.384. The minimum Gasteiger partial charge on any atom is -0.370 e. The third kappa shape index (κ3) is 4.21. The van der Waals surface area contributed by atoms with E-state index in [4.69, 9.17) is 0 Å². The maximum Gasteiger partial charge on any atom is 0.270 e. The van der Waals surface area contributed by atoms with Crippen LogP contribution >= 0.6 is 0 Å². The summed E-state index contributed by atoms with van der Waals surface area (Å²) in [5.74, 6) is 0.0793. The molecule has 1 atom stereocenters. The number of rotatable bonds is 7. The van der Waals surface area contributed by atoms with Gasteiger partial charge in [-0.15, -0.1) is 0 Å². The molecule has 3 aromatic rings. The fraction of sp³-hybridized carbons (Fsp3) is 0.286. The first-order valence-corrected chi connectivity index (χ1v) is 11.5. The lowest BCUT2D eigenvalue weighted by Gasteiger charge is -2.24. The number of aromatic nitrogens is 2. The molecule has 0 aliphatic carbocycles. The van der Waals surface area contributed by atoms with Crippen molar-refractivity contribution in [3.8, 4) is 0 Å². The number of imidazole rings is 1. The van der Waals surface area contributed by atoms with E-state index in [0.717, 1.165) is 18.9 Å². The second-order valence-electron chi connectivity index (χ2n) is 7.58. The molecule has 2 heterocycles. The number of hydrogen-bond acceptors (Lipinski definition) is 6. The summed E-state index contributed by atoms with van der Waals surface area (Å²) < 4.78 is 43.7. The Labute approximate surface area is 184 Å². The summed E-state index contributed by atoms with van der Waals surface area (Å²) in [6.45, 7) is 0.717. The second kappa shape index (κ2) is 8.67. The molecule has 1 saturated heterocycles. The van der Waals surface area contributed by atoms with Crippen molar-refractivity contribution in [3.63, 3.8) is 0 Å². The van der Waals surface area contributed by atoms with Crippen LogP contribution in [-0.4, -0.2) is 40.3 Å². The number of anilines is 1. The zero-order chi connectivity index (χ0) is 22.9. The molecular weight excluding hydrogens is 437 g/mol. The first-order valence-electron chi connectivity index (χ1n) is 10.0. The quantitative estimate of drug-likeness (QED) is 0.428. The Kier molecular flexibility index (Phi) is 5.94. The summed E-state index contributed by atoms with van der Waals surface area (Å²) in [5, 5.41) is 14.5. The number of non-ortho nitro benzene ring substituents is 1. The van der Waals surface area contributed by atoms with Gasteiger partial charge in [0, 0.05) is 44.7 Å². The summed E-state index contributed by atoms with van der Waals surface area (Å²) in [6.07, 6.45) is 4.77. The van der Waals surface area contributed by atoms with Gasteiger partial charge in [-0.1, -0.05) is 12.1 Å². The largest absolute Gasteiger partial charge is 0.370 e. The van der Waals surface area contributed by atoms with Crippen LogP contribution in [0.2, 0.25) is 0 Å². The van der Waals surface area contributed by atoms with Gasteiger partial charge in [0.1, 0.15) is 22.6 Å². The van der Waals surface area contributed by atoms with Crippen molar-refractivity contribution in [2.24, 2.45) is 7.05 Å². The highest BCUT2D eigenvalue weighted by molar-refractivity contribution is 7.89. The first kappa shape index (κ1) is 21.9. The zero-order valence-corrected chi connectivity index (χ0v) is 18.1. The van der Waals surface area contributed by atoms with E-state index in [-0.39, 0.29) is 16.3 Å². The molecule has 1 N–H and O–H groups in total. The molecule has 32 heavy (non-hydrogen) atoms. The van der Waals surface area contributed by atoms with Crippen LogP contribution in [0.1, 0.15) is 30.3 Å². The van der Waals surface area contributed by atoms with Gasteiger partial charge in [-0.2, -0.15) is 4.31 Å². The van der Waals surface area contributed by atoms with Crippen LogP contribution in [0.15, 0.2) is 59.8 Å². The second-order valence-corrected chi connectivity index (χ2v) is 9.48. The maximum atomic E-state index is 14.0. The van der Waals surface area contributed by atoms with Crippen LogP contribution in [0.25, 0.3) is 0 Å². The van der Waals surface area contributed by atoms with Crippen LogP contribution in [0.5, 0.6) is 0 Å². The predicted octanol–water partition coefficient (Wildman–Crippen LogP) is 3.45. The lowest BCUT2D eigenvalue weighted by atomic mass is 10.1. The number of nitro groups is 1. The average molecular weight is 460 g/mol. The molecule has 0 saturated carbocycles. The third-order valence-corrected chi connectivity index (χ3v) is 7.40. The SMILES string of the molecule is Cn1ccnc1C(Nc1ccc([N+](=O)[O-])cc1S(=O)(=O)N1CCCC1)c1cccc(F)c1. The average Bonchev–Trinajstić information content (AvgIpc) is 3.44. The van der Waals surface area contributed by atoms with E-state index >= 15 is 0 Å². The van der Waals surface area contributed by atoms with E-state index in [0.29, 0.717) is 24.5 Å². The van der Waals surface area contributed by atoms with Crippen LogP contribution in [0.3, 0.4) is 0 Å². The van der Waals surface area contributed by atoms with Gasteiger partial charge in [-0.25, -0.2) is 17.8 Å². The highest BCUT2D eigenvalue weighted by atomic mass is 32.2. The number of benzene rings is 2. The third-order valence-electron chi connectivity index (χ3n) is 5.46. The molecule has 1 unspecified atom stereocenters. The Balaban J connectivity index is 1.84. The molecule has 1 aliphatic rings. The Morgan fingerprint density at radius 3 is 2.56 bits per heavy atom. The topological polar surface area (TPSA) is 110 Å². The predicted molar refractivity (Wildman–Crippen MR) is 116 cm³/mol. The number of nitrogens with zero attached hydrogens (tertiary/aromatic N) is 4. The molecule has 2 aromatic carbocycles. The zero-order valence-electron chi connectivity index (χ0n) is 17.3. The summed E-state index contributed by atoms with van der Waals surface area (Å²) in [7, 11) is -2.20. The van der Waals surface area contributed by atoms with E-state index in [9.17, 15) is 22.9 Å². The number of halogens is 1. The number of nitro benzene ring substituents is 1. The molecule has 0 amide bonds. The van der Waals surface area contributed by atoms with Crippen molar-refractivity contribution in [2.75, 3.05) is 18.4 Å². The fourth-order valence-corrected chi connectivity index (χ4v) is 5.51. The van der Waals surface area contributed by atoms with Gasteiger partial charge in [0.15, 0.2) is 0 Å². The molecule has 0 bridgehead atoms. The van der Waals surface area contributed by atoms with Crippen molar-refractivity contribution in [3.05, 3.63) is 82.2 Å².